The Labute approximate surface area is 145 Å². The first kappa shape index (κ1) is 14.8. The molecule has 1 aliphatic heterocycles. The summed E-state index contributed by atoms with van der Waals surface area (Å²) in [4.78, 5) is 7.14. The molecule has 1 fully saturated rings. The maximum Gasteiger partial charge on any atom is 0.200 e. The Morgan fingerprint density at radius 1 is 1.12 bits per heavy atom. The third-order valence-corrected chi connectivity index (χ3v) is 5.09. The largest absolute Gasteiger partial charge is 0.366 e. The van der Waals surface area contributed by atoms with Gasteiger partial charge in [0.2, 0.25) is 5.65 Å². The zero-order chi connectivity index (χ0) is 17.0. The highest BCUT2D eigenvalue weighted by Crippen LogP contribution is 2.38. The van der Waals surface area contributed by atoms with Crippen LogP contribution in [0.2, 0.25) is 0 Å². The molecule has 8 heteroatoms. The standard InChI is InChI=1S/C17H22N8/c1-11(2)13-9-14(17-20-18-10-25(17)21-13)23-6-5-15-19-16(12-3-4-12)22-24(15)8-7-23/h9-12H,3-8H2,1-2H3. The molecule has 0 radical (unpaired) electrons. The second-order valence-electron chi connectivity index (χ2n) is 7.33. The lowest BCUT2D eigenvalue weighted by Crippen LogP contribution is -2.28. The molecule has 8 nitrogen and oxygen atoms in total. The van der Waals surface area contributed by atoms with Crippen LogP contribution in [0.25, 0.3) is 5.65 Å². The summed E-state index contributed by atoms with van der Waals surface area (Å²) in [7, 11) is 0. The van der Waals surface area contributed by atoms with Crippen LogP contribution in [0.4, 0.5) is 5.69 Å². The minimum atomic E-state index is 0.357. The molecule has 3 aromatic rings. The summed E-state index contributed by atoms with van der Waals surface area (Å²) in [5, 5.41) is 17.7. The van der Waals surface area contributed by atoms with Crippen molar-refractivity contribution >= 4 is 11.3 Å². The summed E-state index contributed by atoms with van der Waals surface area (Å²) in [5.74, 6) is 3.13. The molecule has 0 saturated heterocycles. The quantitative estimate of drug-likeness (QED) is 0.724. The van der Waals surface area contributed by atoms with Gasteiger partial charge in [-0.3, -0.25) is 0 Å². The van der Waals surface area contributed by atoms with E-state index in [1.807, 2.05) is 0 Å². The van der Waals surface area contributed by atoms with Crippen LogP contribution in [0.15, 0.2) is 12.4 Å². The first-order valence-corrected chi connectivity index (χ1v) is 9.08. The van der Waals surface area contributed by atoms with Crippen LogP contribution in [0.3, 0.4) is 0 Å². The van der Waals surface area contributed by atoms with Crippen molar-refractivity contribution in [2.24, 2.45) is 0 Å². The Bertz CT molecular complexity index is 895. The third kappa shape index (κ3) is 2.56. The molecule has 5 rings (SSSR count). The second kappa shape index (κ2) is 5.50. The number of hydrogen-bond donors (Lipinski definition) is 0. The molecule has 2 aliphatic rings. The van der Waals surface area contributed by atoms with Crippen molar-refractivity contribution in [3.8, 4) is 0 Å². The maximum absolute atomic E-state index is 4.78. The maximum atomic E-state index is 4.78. The van der Waals surface area contributed by atoms with E-state index in [1.165, 1.54) is 12.8 Å². The molecule has 4 heterocycles. The monoisotopic (exact) mass is 338 g/mol. The van der Waals surface area contributed by atoms with Crippen molar-refractivity contribution in [1.29, 1.82) is 0 Å². The Hall–Kier alpha value is -2.51. The van der Waals surface area contributed by atoms with Crippen LogP contribution in [0.5, 0.6) is 0 Å². The van der Waals surface area contributed by atoms with Crippen LogP contribution in [0, 0.1) is 0 Å². The molecule has 25 heavy (non-hydrogen) atoms. The van der Waals surface area contributed by atoms with Crippen LogP contribution in [-0.4, -0.2) is 47.7 Å². The zero-order valence-electron chi connectivity index (χ0n) is 14.6. The van der Waals surface area contributed by atoms with E-state index in [0.29, 0.717) is 11.8 Å². The average molecular weight is 338 g/mol. The van der Waals surface area contributed by atoms with Crippen molar-refractivity contribution in [1.82, 2.24) is 34.6 Å². The predicted molar refractivity (Wildman–Crippen MR) is 92.8 cm³/mol. The van der Waals surface area contributed by atoms with Gasteiger partial charge in [-0.2, -0.15) is 14.7 Å². The van der Waals surface area contributed by atoms with Crippen molar-refractivity contribution < 1.29 is 0 Å². The summed E-state index contributed by atoms with van der Waals surface area (Å²) >= 11 is 0. The van der Waals surface area contributed by atoms with Crippen LogP contribution >= 0.6 is 0 Å². The Balaban J connectivity index is 1.47. The van der Waals surface area contributed by atoms with E-state index < -0.39 is 0 Å². The van der Waals surface area contributed by atoms with E-state index in [9.17, 15) is 0 Å². The fourth-order valence-corrected chi connectivity index (χ4v) is 3.42. The van der Waals surface area contributed by atoms with Gasteiger partial charge in [0.05, 0.1) is 17.9 Å². The summed E-state index contributed by atoms with van der Waals surface area (Å²) in [6.45, 7) is 6.97. The van der Waals surface area contributed by atoms with Crippen LogP contribution in [-0.2, 0) is 13.0 Å². The molecule has 130 valence electrons. The van der Waals surface area contributed by atoms with Crippen molar-refractivity contribution in [3.63, 3.8) is 0 Å². The van der Waals surface area contributed by atoms with Gasteiger partial charge < -0.3 is 4.90 Å². The Morgan fingerprint density at radius 3 is 2.80 bits per heavy atom. The predicted octanol–water partition coefficient (Wildman–Crippen LogP) is 1.78. The van der Waals surface area contributed by atoms with Crippen molar-refractivity contribution in [3.05, 3.63) is 29.7 Å². The summed E-state index contributed by atoms with van der Waals surface area (Å²) in [6, 6.07) is 2.16. The highest BCUT2D eigenvalue weighted by atomic mass is 15.4. The van der Waals surface area contributed by atoms with Crippen molar-refractivity contribution in [2.75, 3.05) is 18.0 Å². The topological polar surface area (TPSA) is 77.0 Å². The van der Waals surface area contributed by atoms with Crippen LogP contribution in [0.1, 0.15) is 55.9 Å². The van der Waals surface area contributed by atoms with Gasteiger partial charge in [0.15, 0.2) is 5.82 Å². The molecule has 3 aromatic heterocycles. The van der Waals surface area contributed by atoms with Gasteiger partial charge >= 0.3 is 0 Å². The summed E-state index contributed by atoms with van der Waals surface area (Å²) in [5.41, 5.74) is 2.97. The van der Waals surface area contributed by atoms with Gasteiger partial charge in [-0.05, 0) is 24.8 Å². The van der Waals surface area contributed by atoms with Gasteiger partial charge in [0, 0.05) is 25.4 Å². The number of nitrogens with zero attached hydrogens (tertiary/aromatic N) is 8. The summed E-state index contributed by atoms with van der Waals surface area (Å²) < 4.78 is 3.89. The first-order valence-electron chi connectivity index (χ1n) is 9.08. The van der Waals surface area contributed by atoms with E-state index in [0.717, 1.165) is 54.7 Å². The lowest BCUT2D eigenvalue weighted by molar-refractivity contribution is 0.603. The van der Waals surface area contributed by atoms with Gasteiger partial charge in [-0.15, -0.1) is 10.2 Å². The fraction of sp³-hybridized carbons (Fsp3) is 0.588. The number of hydrogen-bond acceptors (Lipinski definition) is 6. The molecule has 0 spiro atoms. The molecule has 0 atom stereocenters. The van der Waals surface area contributed by atoms with Crippen LogP contribution < -0.4 is 4.90 Å². The van der Waals surface area contributed by atoms with Crippen molar-refractivity contribution in [2.45, 2.75) is 51.5 Å². The van der Waals surface area contributed by atoms with Gasteiger partial charge in [0.25, 0.3) is 0 Å². The second-order valence-corrected chi connectivity index (χ2v) is 7.33. The van der Waals surface area contributed by atoms with E-state index in [1.54, 1.807) is 10.8 Å². The highest BCUT2D eigenvalue weighted by Gasteiger charge is 2.30. The Morgan fingerprint density at radius 2 is 2.00 bits per heavy atom. The van der Waals surface area contributed by atoms with Gasteiger partial charge in [-0.25, -0.2) is 9.67 Å². The third-order valence-electron chi connectivity index (χ3n) is 5.09. The van der Waals surface area contributed by atoms with E-state index >= 15 is 0 Å². The van der Waals surface area contributed by atoms with Gasteiger partial charge in [0.1, 0.15) is 12.2 Å². The minimum absolute atomic E-state index is 0.357. The fourth-order valence-electron chi connectivity index (χ4n) is 3.42. The number of rotatable bonds is 3. The van der Waals surface area contributed by atoms with E-state index in [2.05, 4.69) is 44.8 Å². The smallest absolute Gasteiger partial charge is 0.200 e. The molecule has 1 aliphatic carbocycles. The van der Waals surface area contributed by atoms with Gasteiger partial charge in [-0.1, -0.05) is 13.8 Å². The number of aromatic nitrogens is 7. The Kier molecular flexibility index (Phi) is 3.26. The number of fused-ring (bicyclic) bond motifs is 2. The molecule has 0 bridgehead atoms. The molecular formula is C17H22N8. The van der Waals surface area contributed by atoms with E-state index in [-0.39, 0.29) is 0 Å². The number of anilines is 1. The molecule has 0 aromatic carbocycles. The lowest BCUT2D eigenvalue weighted by atomic mass is 10.1. The summed E-state index contributed by atoms with van der Waals surface area (Å²) in [6.07, 6.45) is 5.07. The molecule has 0 amide bonds. The zero-order valence-corrected chi connectivity index (χ0v) is 14.6. The molecule has 1 saturated carbocycles. The first-order chi connectivity index (χ1) is 12.2. The molecular weight excluding hydrogens is 316 g/mol. The SMILES string of the molecule is CC(C)c1cc(N2CCc3nc(C4CC4)nn3CC2)c2nncn2n1. The normalized spacial score (nSPS) is 18.0. The molecule has 0 unspecified atom stereocenters. The van der Waals surface area contributed by atoms with E-state index in [4.69, 9.17) is 10.1 Å². The lowest BCUT2D eigenvalue weighted by Gasteiger charge is -2.23. The average Bonchev–Trinajstić information content (AvgIpc) is 3.26. The highest BCUT2D eigenvalue weighted by molar-refractivity contribution is 5.68. The molecule has 0 N–H and O–H groups in total. The minimum Gasteiger partial charge on any atom is -0.366 e.